The molecule has 2 aliphatic carbocycles. The number of anilines is 3. The van der Waals surface area contributed by atoms with Crippen LogP contribution in [0.5, 0.6) is 0 Å². The lowest BCUT2D eigenvalue weighted by molar-refractivity contribution is -0.143. The second-order valence-corrected chi connectivity index (χ2v) is 14.1. The Bertz CT molecular complexity index is 1650. The summed E-state index contributed by atoms with van der Waals surface area (Å²) in [6, 6.07) is 3.23. The molecule has 49 heavy (non-hydrogen) atoms. The van der Waals surface area contributed by atoms with E-state index in [1.807, 2.05) is 20.8 Å². The van der Waals surface area contributed by atoms with Gasteiger partial charge in [0.25, 0.3) is 5.91 Å². The third-order valence-corrected chi connectivity index (χ3v) is 8.21. The van der Waals surface area contributed by atoms with E-state index >= 15 is 0 Å². The quantitative estimate of drug-likeness (QED) is 0.126. The maximum atomic E-state index is 13.8. The van der Waals surface area contributed by atoms with Gasteiger partial charge in [0.15, 0.2) is 0 Å². The Kier molecular flexibility index (Phi) is 9.86. The molecule has 2 fully saturated rings. The van der Waals surface area contributed by atoms with E-state index in [0.29, 0.717) is 46.7 Å². The van der Waals surface area contributed by atoms with Gasteiger partial charge < -0.3 is 26.3 Å². The monoisotopic (exact) mass is 690 g/mol. The Morgan fingerprint density at radius 3 is 1.84 bits per heavy atom. The summed E-state index contributed by atoms with van der Waals surface area (Å²) in [5.41, 5.74) is 3.07. The topological polar surface area (TPSA) is 124 Å². The van der Waals surface area contributed by atoms with Gasteiger partial charge in [0, 0.05) is 61.0 Å². The van der Waals surface area contributed by atoms with Gasteiger partial charge in [-0.05, 0) is 95.0 Å². The van der Waals surface area contributed by atoms with Crippen LogP contribution < -0.4 is 20.9 Å². The van der Waals surface area contributed by atoms with Crippen LogP contribution in [-0.4, -0.2) is 45.2 Å². The van der Waals surface area contributed by atoms with Crippen LogP contribution in [0.4, 0.5) is 43.9 Å². The van der Waals surface area contributed by atoms with E-state index in [4.69, 9.17) is 16.1 Å². The maximum absolute atomic E-state index is 13.8. The molecular weight excluding hydrogens is 650 g/mol. The van der Waals surface area contributed by atoms with E-state index in [0.717, 1.165) is 51.2 Å². The van der Waals surface area contributed by atoms with Crippen LogP contribution in [0, 0.1) is 17.2 Å². The number of carbonyl (C=O) groups excluding carboxylic acids is 1. The molecule has 0 bridgehead atoms. The summed E-state index contributed by atoms with van der Waals surface area (Å²) in [6.07, 6.45) is -3.46. The van der Waals surface area contributed by atoms with Crippen molar-refractivity contribution in [3.63, 3.8) is 0 Å². The van der Waals surface area contributed by atoms with Crippen molar-refractivity contribution in [2.24, 2.45) is 17.6 Å². The van der Waals surface area contributed by atoms with Gasteiger partial charge >= 0.3 is 12.4 Å². The second-order valence-electron chi connectivity index (χ2n) is 14.1. The highest BCUT2D eigenvalue weighted by Gasteiger charge is 2.37. The molecule has 0 atom stereocenters. The summed E-state index contributed by atoms with van der Waals surface area (Å²) in [6.45, 7) is 8.46. The van der Waals surface area contributed by atoms with E-state index in [-0.39, 0.29) is 35.4 Å². The molecule has 2 heterocycles. The third-order valence-electron chi connectivity index (χ3n) is 8.21. The van der Waals surface area contributed by atoms with Crippen molar-refractivity contribution in [1.29, 1.82) is 5.41 Å². The van der Waals surface area contributed by atoms with Gasteiger partial charge in [-0.3, -0.25) is 4.79 Å². The van der Waals surface area contributed by atoms with Crippen LogP contribution in [0.3, 0.4) is 0 Å². The SMILES string of the molecule is CC(=N)c1cc(CN(Cc2cc(C(F)(F)F)cc(C(F)(F)F)c2)c2ncc(C(N)=O)cn2)c(N(CC2CC2)CC2CC2)nc1NC(C)(C)C. The Morgan fingerprint density at radius 2 is 1.41 bits per heavy atom. The fourth-order valence-electron chi connectivity index (χ4n) is 5.49. The minimum atomic E-state index is -5.03. The first-order valence-electron chi connectivity index (χ1n) is 16.0. The molecule has 2 aromatic heterocycles. The van der Waals surface area contributed by atoms with Crippen LogP contribution in [0.25, 0.3) is 0 Å². The predicted octanol–water partition coefficient (Wildman–Crippen LogP) is 7.44. The van der Waals surface area contributed by atoms with E-state index in [1.54, 1.807) is 13.0 Å². The lowest BCUT2D eigenvalue weighted by Gasteiger charge is -2.31. The number of carbonyl (C=O) groups is 1. The zero-order valence-corrected chi connectivity index (χ0v) is 27.8. The fourth-order valence-corrected chi connectivity index (χ4v) is 5.49. The van der Waals surface area contributed by atoms with Crippen LogP contribution in [0.2, 0.25) is 0 Å². The lowest BCUT2D eigenvalue weighted by atomic mass is 10.0. The van der Waals surface area contributed by atoms with Crippen molar-refractivity contribution in [1.82, 2.24) is 15.0 Å². The zero-order valence-electron chi connectivity index (χ0n) is 27.8. The molecule has 0 unspecified atom stereocenters. The number of hydrogen-bond acceptors (Lipinski definition) is 8. The molecule has 0 spiro atoms. The van der Waals surface area contributed by atoms with E-state index in [2.05, 4.69) is 20.2 Å². The molecule has 9 nitrogen and oxygen atoms in total. The summed E-state index contributed by atoms with van der Waals surface area (Å²) in [7, 11) is 0. The van der Waals surface area contributed by atoms with E-state index in [1.165, 1.54) is 4.90 Å². The summed E-state index contributed by atoms with van der Waals surface area (Å²) in [5.74, 6) is 1.20. The number of pyridine rings is 1. The molecule has 1 amide bonds. The predicted molar refractivity (Wildman–Crippen MR) is 175 cm³/mol. The average molecular weight is 691 g/mol. The van der Waals surface area contributed by atoms with E-state index < -0.39 is 41.5 Å². The molecule has 0 saturated heterocycles. The molecule has 3 aromatic rings. The number of primary amides is 1. The van der Waals surface area contributed by atoms with Crippen molar-refractivity contribution >= 4 is 29.2 Å². The molecule has 0 radical (unpaired) electrons. The lowest BCUT2D eigenvalue weighted by Crippen LogP contribution is -2.34. The smallest absolute Gasteiger partial charge is 0.366 e. The summed E-state index contributed by atoms with van der Waals surface area (Å²) in [4.78, 5) is 28.9. The molecule has 5 rings (SSSR count). The number of nitrogens with one attached hydrogen (secondary N) is 2. The highest BCUT2D eigenvalue weighted by molar-refractivity contribution is 6.01. The maximum Gasteiger partial charge on any atom is 0.416 e. The van der Waals surface area contributed by atoms with Crippen molar-refractivity contribution < 1.29 is 31.1 Å². The summed E-state index contributed by atoms with van der Waals surface area (Å²) in [5, 5.41) is 12.0. The van der Waals surface area contributed by atoms with Crippen LogP contribution in [0.1, 0.15) is 91.6 Å². The second kappa shape index (κ2) is 13.5. The minimum absolute atomic E-state index is 0.0242. The van der Waals surface area contributed by atoms with Crippen molar-refractivity contribution in [2.75, 3.05) is 28.2 Å². The van der Waals surface area contributed by atoms with Gasteiger partial charge in [0.05, 0.1) is 16.7 Å². The largest absolute Gasteiger partial charge is 0.416 e. The third kappa shape index (κ3) is 9.60. The van der Waals surface area contributed by atoms with Crippen molar-refractivity contribution in [2.45, 2.75) is 84.4 Å². The Balaban J connectivity index is 1.66. The van der Waals surface area contributed by atoms with Crippen LogP contribution >= 0.6 is 0 Å². The van der Waals surface area contributed by atoms with Gasteiger partial charge in [-0.2, -0.15) is 26.3 Å². The van der Waals surface area contributed by atoms with Crippen molar-refractivity contribution in [3.8, 4) is 0 Å². The molecule has 1 aromatic carbocycles. The number of alkyl halides is 6. The molecule has 2 saturated carbocycles. The Hall–Kier alpha value is -4.43. The van der Waals surface area contributed by atoms with Gasteiger partial charge in [0.2, 0.25) is 5.95 Å². The first-order chi connectivity index (χ1) is 22.8. The number of nitrogens with zero attached hydrogens (tertiary/aromatic N) is 5. The zero-order chi connectivity index (χ0) is 35.9. The highest BCUT2D eigenvalue weighted by atomic mass is 19.4. The first kappa shape index (κ1) is 35.9. The normalized spacial score (nSPS) is 15.2. The molecule has 0 aliphatic heterocycles. The Morgan fingerprint density at radius 1 is 0.878 bits per heavy atom. The number of hydrogen-bond donors (Lipinski definition) is 3. The van der Waals surface area contributed by atoms with Crippen LogP contribution in [-0.2, 0) is 25.4 Å². The number of aromatic nitrogens is 3. The first-order valence-corrected chi connectivity index (χ1v) is 16.0. The highest BCUT2D eigenvalue weighted by Crippen LogP contribution is 2.39. The van der Waals surface area contributed by atoms with Gasteiger partial charge in [0.1, 0.15) is 11.6 Å². The molecular formula is C34H40F6N8O. The number of benzene rings is 1. The number of rotatable bonds is 13. The van der Waals surface area contributed by atoms with Gasteiger partial charge in [-0.25, -0.2) is 15.0 Å². The Labute approximate surface area is 280 Å². The fraction of sp³-hybridized carbons (Fsp3) is 0.500. The average Bonchev–Trinajstić information content (AvgIpc) is 3.93. The number of nitrogens with two attached hydrogens (primary N) is 1. The van der Waals surface area contributed by atoms with Crippen molar-refractivity contribution in [3.05, 3.63) is 70.0 Å². The molecule has 4 N–H and O–H groups in total. The van der Waals surface area contributed by atoms with Gasteiger partial charge in [-0.15, -0.1) is 0 Å². The molecule has 2 aliphatic rings. The summed E-state index contributed by atoms with van der Waals surface area (Å²) < 4.78 is 82.9. The molecule has 15 heteroatoms. The van der Waals surface area contributed by atoms with Crippen LogP contribution in [0.15, 0.2) is 36.7 Å². The van der Waals surface area contributed by atoms with Gasteiger partial charge in [-0.1, -0.05) is 0 Å². The molecule has 264 valence electrons. The number of halogens is 6. The standard InChI is InChI=1S/C34H40F6N8O/c1-19(41)27-11-23(30(45-29(27)46-32(2,3)4)47(15-20-5-6-20)16-21-7-8-21)18-48(31-43-13-24(14-44-31)28(42)49)17-22-9-25(33(35,36)37)12-26(10-22)34(38,39)40/h9-14,20-21,41H,5-8,15-18H2,1-4H3,(H2,42,49)(H,45,46). The number of amides is 1. The van der Waals surface area contributed by atoms with E-state index in [9.17, 15) is 31.1 Å². The minimum Gasteiger partial charge on any atom is -0.366 e. The summed E-state index contributed by atoms with van der Waals surface area (Å²) >= 11 is 0.